The molecule has 4 aliphatic carbocycles. The molecule has 0 spiro atoms. The molecule has 1 aromatic carbocycles. The van der Waals surface area contributed by atoms with Gasteiger partial charge in [-0.1, -0.05) is 37.6 Å². The predicted octanol–water partition coefficient (Wildman–Crippen LogP) is 3.20. The van der Waals surface area contributed by atoms with Gasteiger partial charge in [0.2, 0.25) is 5.78 Å². The van der Waals surface area contributed by atoms with Gasteiger partial charge in [-0.2, -0.15) is 0 Å². The molecule has 0 amide bonds. The van der Waals surface area contributed by atoms with E-state index in [1.165, 1.54) is 12.1 Å². The summed E-state index contributed by atoms with van der Waals surface area (Å²) in [7, 11) is -3.72. The van der Waals surface area contributed by atoms with Crippen LogP contribution in [0.1, 0.15) is 65.2 Å². The third-order valence-electron chi connectivity index (χ3n) is 10.6. The quantitative estimate of drug-likeness (QED) is 0.487. The maximum atomic E-state index is 13.4. The standard InChI is InChI=1S/C30H38O8S/c1-28-13-10-20(32)16-19(28)8-9-22-23-11-14-30(25(34)18-31,29(23,2)17-24(33)27(22)28)38-26(35)12-15-39(36,37)21-6-4-3-5-7-21/h3-7,16,22-24,27,31,33H,8-15,17-18H2,1-2H3/t22-,23-,24-,27+,28-,29-,30-/m0/s1. The number of carbonyl (C=O) groups excluding carboxylic acids is 3. The Kier molecular flexibility index (Phi) is 7.17. The van der Waals surface area contributed by atoms with Crippen molar-refractivity contribution in [2.45, 2.75) is 81.8 Å². The van der Waals surface area contributed by atoms with Gasteiger partial charge in [-0.3, -0.25) is 14.4 Å². The molecule has 8 nitrogen and oxygen atoms in total. The van der Waals surface area contributed by atoms with E-state index in [9.17, 15) is 33.0 Å². The first-order valence-electron chi connectivity index (χ1n) is 13.9. The number of fused-ring (bicyclic) bond motifs is 5. The van der Waals surface area contributed by atoms with Gasteiger partial charge in [-0.15, -0.1) is 0 Å². The fourth-order valence-electron chi connectivity index (χ4n) is 8.69. The topological polar surface area (TPSA) is 135 Å². The van der Waals surface area contributed by atoms with Gasteiger partial charge in [0.15, 0.2) is 21.2 Å². The van der Waals surface area contributed by atoms with Gasteiger partial charge in [-0.25, -0.2) is 8.42 Å². The van der Waals surface area contributed by atoms with Gasteiger partial charge in [-0.05, 0) is 79.9 Å². The number of aliphatic hydroxyl groups is 2. The van der Waals surface area contributed by atoms with Crippen LogP contribution in [0.2, 0.25) is 0 Å². The van der Waals surface area contributed by atoms with E-state index in [2.05, 4.69) is 6.92 Å². The first kappa shape index (κ1) is 28.2. The molecule has 0 unspecified atom stereocenters. The highest BCUT2D eigenvalue weighted by atomic mass is 32.2. The van der Waals surface area contributed by atoms with Crippen molar-refractivity contribution < 1.29 is 37.8 Å². The number of rotatable bonds is 7. The van der Waals surface area contributed by atoms with E-state index in [1.807, 2.05) is 6.92 Å². The van der Waals surface area contributed by atoms with E-state index in [0.29, 0.717) is 19.3 Å². The molecule has 9 heteroatoms. The number of hydrogen-bond acceptors (Lipinski definition) is 8. The molecule has 0 saturated heterocycles. The normalized spacial score (nSPS) is 37.7. The molecule has 7 atom stereocenters. The molecule has 39 heavy (non-hydrogen) atoms. The lowest BCUT2D eigenvalue weighted by Crippen LogP contribution is -2.63. The van der Waals surface area contributed by atoms with Crippen LogP contribution in [-0.4, -0.2) is 60.2 Å². The lowest BCUT2D eigenvalue weighted by atomic mass is 9.45. The van der Waals surface area contributed by atoms with E-state index < -0.39 is 57.5 Å². The van der Waals surface area contributed by atoms with Crippen molar-refractivity contribution in [3.05, 3.63) is 42.0 Å². The predicted molar refractivity (Wildman–Crippen MR) is 142 cm³/mol. The SMILES string of the molecule is C[C@]12CCC(=O)C=C1CC[C@@H]1[C@@H]2[C@@H](O)C[C@@]2(C)[C@H]1CC[C@]2(OC(=O)CCS(=O)(=O)c1ccccc1)C(=O)CO. The molecule has 5 rings (SSSR count). The van der Waals surface area contributed by atoms with E-state index in [4.69, 9.17) is 4.74 Å². The monoisotopic (exact) mass is 558 g/mol. The van der Waals surface area contributed by atoms with E-state index in [1.54, 1.807) is 24.3 Å². The number of benzene rings is 1. The Hall–Kier alpha value is -2.36. The number of aliphatic hydroxyl groups excluding tert-OH is 2. The molecular weight excluding hydrogens is 520 g/mol. The molecule has 0 radical (unpaired) electrons. The molecule has 0 aromatic heterocycles. The van der Waals surface area contributed by atoms with Crippen molar-refractivity contribution in [1.82, 2.24) is 0 Å². The summed E-state index contributed by atoms with van der Waals surface area (Å²) in [4.78, 5) is 38.8. The van der Waals surface area contributed by atoms with E-state index in [0.717, 1.165) is 18.4 Å². The van der Waals surface area contributed by atoms with E-state index >= 15 is 0 Å². The Balaban J connectivity index is 1.41. The van der Waals surface area contributed by atoms with Crippen LogP contribution in [0.4, 0.5) is 0 Å². The highest BCUT2D eigenvalue weighted by molar-refractivity contribution is 7.91. The van der Waals surface area contributed by atoms with Crippen LogP contribution in [-0.2, 0) is 29.0 Å². The second kappa shape index (κ2) is 9.93. The maximum Gasteiger partial charge on any atom is 0.307 e. The van der Waals surface area contributed by atoms with Crippen LogP contribution in [0.15, 0.2) is 46.9 Å². The van der Waals surface area contributed by atoms with Gasteiger partial charge in [0.25, 0.3) is 0 Å². The van der Waals surface area contributed by atoms with Crippen molar-refractivity contribution >= 4 is 27.4 Å². The zero-order chi connectivity index (χ0) is 28.2. The first-order chi connectivity index (χ1) is 18.4. The Bertz CT molecular complexity index is 1300. The van der Waals surface area contributed by atoms with E-state index in [-0.39, 0.29) is 46.7 Å². The minimum Gasteiger partial charge on any atom is -0.450 e. The molecule has 212 valence electrons. The number of hydrogen-bond donors (Lipinski definition) is 2. The fraction of sp³-hybridized carbons (Fsp3) is 0.633. The van der Waals surface area contributed by atoms with Crippen LogP contribution in [0.3, 0.4) is 0 Å². The third kappa shape index (κ3) is 4.41. The Labute approximate surface area is 229 Å². The molecule has 3 saturated carbocycles. The van der Waals surface area contributed by atoms with Crippen molar-refractivity contribution in [2.24, 2.45) is 28.6 Å². The zero-order valence-electron chi connectivity index (χ0n) is 22.6. The smallest absolute Gasteiger partial charge is 0.307 e. The third-order valence-corrected chi connectivity index (χ3v) is 12.3. The van der Waals surface area contributed by atoms with Gasteiger partial charge in [0, 0.05) is 11.8 Å². The van der Waals surface area contributed by atoms with Crippen molar-refractivity contribution in [3.8, 4) is 0 Å². The van der Waals surface area contributed by atoms with Crippen LogP contribution >= 0.6 is 0 Å². The first-order valence-corrected chi connectivity index (χ1v) is 15.6. The molecule has 0 aliphatic heterocycles. The maximum absolute atomic E-state index is 13.4. The van der Waals surface area contributed by atoms with Gasteiger partial charge in [0.05, 0.1) is 23.2 Å². The number of ether oxygens (including phenoxy) is 1. The van der Waals surface area contributed by atoms with Crippen molar-refractivity contribution in [2.75, 3.05) is 12.4 Å². The lowest BCUT2D eigenvalue weighted by molar-refractivity contribution is -0.202. The summed E-state index contributed by atoms with van der Waals surface area (Å²) in [6, 6.07) is 7.85. The largest absolute Gasteiger partial charge is 0.450 e. The summed E-state index contributed by atoms with van der Waals surface area (Å²) < 4.78 is 31.4. The summed E-state index contributed by atoms with van der Waals surface area (Å²) in [6.45, 7) is 3.21. The number of sulfone groups is 1. The Morgan fingerprint density at radius 3 is 2.49 bits per heavy atom. The summed E-state index contributed by atoms with van der Waals surface area (Å²) in [5.74, 6) is -1.78. The number of allylic oxidation sites excluding steroid dienone is 1. The highest BCUT2D eigenvalue weighted by Gasteiger charge is 2.70. The molecular formula is C30H38O8S. The van der Waals surface area contributed by atoms with Crippen LogP contribution in [0, 0.1) is 28.6 Å². The highest BCUT2D eigenvalue weighted by Crippen LogP contribution is 2.68. The second-order valence-electron chi connectivity index (χ2n) is 12.4. The summed E-state index contributed by atoms with van der Waals surface area (Å²) in [5, 5.41) is 21.6. The fourth-order valence-corrected chi connectivity index (χ4v) is 9.94. The number of ketones is 2. The zero-order valence-corrected chi connectivity index (χ0v) is 23.4. The summed E-state index contributed by atoms with van der Waals surface area (Å²) in [5.41, 5.74) is -1.74. The van der Waals surface area contributed by atoms with Gasteiger partial charge in [0.1, 0.15) is 6.61 Å². The summed E-state index contributed by atoms with van der Waals surface area (Å²) in [6.07, 6.45) is 4.26. The molecule has 0 bridgehead atoms. The molecule has 0 heterocycles. The van der Waals surface area contributed by atoms with Crippen molar-refractivity contribution in [1.29, 1.82) is 0 Å². The molecule has 4 aliphatic rings. The van der Waals surface area contributed by atoms with Gasteiger partial charge < -0.3 is 14.9 Å². The second-order valence-corrected chi connectivity index (χ2v) is 14.5. The van der Waals surface area contributed by atoms with Crippen LogP contribution < -0.4 is 0 Å². The van der Waals surface area contributed by atoms with Gasteiger partial charge >= 0.3 is 5.97 Å². The number of esters is 1. The number of carbonyl (C=O) groups is 3. The van der Waals surface area contributed by atoms with Crippen LogP contribution in [0.25, 0.3) is 0 Å². The number of Topliss-reactive ketones (excluding diaryl/α,β-unsaturated/α-hetero) is 1. The van der Waals surface area contributed by atoms with Crippen LogP contribution in [0.5, 0.6) is 0 Å². The van der Waals surface area contributed by atoms with Crippen molar-refractivity contribution in [3.63, 3.8) is 0 Å². The molecule has 1 aromatic rings. The summed E-state index contributed by atoms with van der Waals surface area (Å²) >= 11 is 0. The molecule has 2 N–H and O–H groups in total. The average Bonchev–Trinajstić information content (AvgIpc) is 3.19. The minimum absolute atomic E-state index is 0.0294. The minimum atomic E-state index is -3.72. The lowest BCUT2D eigenvalue weighted by Gasteiger charge is -2.60. The molecule has 3 fully saturated rings. The average molecular weight is 559 g/mol. The Morgan fingerprint density at radius 2 is 1.79 bits per heavy atom. The Morgan fingerprint density at radius 1 is 1.08 bits per heavy atom.